The maximum atomic E-state index is 11.9. The molecule has 0 saturated heterocycles. The minimum absolute atomic E-state index is 0.0122. The number of anilines is 1. The van der Waals surface area contributed by atoms with E-state index in [2.05, 4.69) is 10.6 Å². The second kappa shape index (κ2) is 6.60. The number of carboxylic acids is 1. The number of aromatic carboxylic acids is 1. The molecule has 110 valence electrons. The molecule has 0 unspecified atom stereocenters. The van der Waals surface area contributed by atoms with E-state index in [1.807, 2.05) is 18.4 Å². The first-order chi connectivity index (χ1) is 9.97. The maximum Gasteiger partial charge on any atom is 0.337 e. The second-order valence-electron chi connectivity index (χ2n) is 4.33. The fourth-order valence-corrected chi connectivity index (χ4v) is 2.74. The fraction of sp³-hybridized carbons (Fsp3) is 0.143. The number of halogens is 1. The van der Waals surface area contributed by atoms with Crippen LogP contribution in [0.2, 0.25) is 5.02 Å². The van der Waals surface area contributed by atoms with Crippen molar-refractivity contribution in [1.82, 2.24) is 5.32 Å². The zero-order chi connectivity index (χ0) is 15.4. The molecule has 0 saturated carbocycles. The predicted octanol–water partition coefficient (Wildman–Crippen LogP) is 3.73. The topological polar surface area (TPSA) is 78.4 Å². The maximum absolute atomic E-state index is 11.9. The number of benzene rings is 1. The molecule has 2 aromatic rings. The van der Waals surface area contributed by atoms with Gasteiger partial charge in [0.25, 0.3) is 0 Å². The zero-order valence-electron chi connectivity index (χ0n) is 11.1. The Labute approximate surface area is 130 Å². The quantitative estimate of drug-likeness (QED) is 0.801. The predicted molar refractivity (Wildman–Crippen MR) is 83.3 cm³/mol. The molecular weight excluding hydrogens is 312 g/mol. The minimum atomic E-state index is -1.13. The van der Waals surface area contributed by atoms with E-state index < -0.39 is 12.0 Å². The molecule has 0 spiro atoms. The van der Waals surface area contributed by atoms with Gasteiger partial charge < -0.3 is 15.7 Å². The number of carbonyl (C=O) groups is 2. The van der Waals surface area contributed by atoms with E-state index in [9.17, 15) is 9.59 Å². The molecule has 5 nitrogen and oxygen atoms in total. The summed E-state index contributed by atoms with van der Waals surface area (Å²) in [5, 5.41) is 16.6. The molecule has 1 aromatic carbocycles. The average Bonchev–Trinajstić information content (AvgIpc) is 2.81. The summed E-state index contributed by atoms with van der Waals surface area (Å²) >= 11 is 7.37. The number of carbonyl (C=O) groups excluding carboxylic acids is 1. The fourth-order valence-electron chi connectivity index (χ4n) is 1.72. The number of hydrogen-bond donors (Lipinski definition) is 3. The SMILES string of the molecule is Cc1ccsc1CNC(=O)Nc1cc(Cl)ccc1C(=O)O. The number of nitrogens with one attached hydrogen (secondary N) is 2. The third-order valence-electron chi connectivity index (χ3n) is 2.84. The number of urea groups is 1. The summed E-state index contributed by atoms with van der Waals surface area (Å²) in [5.74, 6) is -1.13. The number of aryl methyl sites for hydroxylation is 1. The normalized spacial score (nSPS) is 10.2. The van der Waals surface area contributed by atoms with Crippen molar-refractivity contribution in [2.24, 2.45) is 0 Å². The Morgan fingerprint density at radius 1 is 1.33 bits per heavy atom. The molecule has 2 rings (SSSR count). The van der Waals surface area contributed by atoms with E-state index in [1.165, 1.54) is 18.2 Å². The average molecular weight is 325 g/mol. The smallest absolute Gasteiger partial charge is 0.337 e. The first-order valence-electron chi connectivity index (χ1n) is 6.08. The molecule has 7 heteroatoms. The molecule has 1 heterocycles. The number of carboxylic acid groups (broad SMARTS) is 1. The van der Waals surface area contributed by atoms with Crippen molar-refractivity contribution in [3.8, 4) is 0 Å². The summed E-state index contributed by atoms with van der Waals surface area (Å²) < 4.78 is 0. The Kier molecular flexibility index (Phi) is 4.82. The lowest BCUT2D eigenvalue weighted by Gasteiger charge is -2.10. The molecular formula is C14H13ClN2O3S. The lowest BCUT2D eigenvalue weighted by atomic mass is 10.2. The molecule has 0 radical (unpaired) electrons. The van der Waals surface area contributed by atoms with Crippen LogP contribution in [0.4, 0.5) is 10.5 Å². The highest BCUT2D eigenvalue weighted by Crippen LogP contribution is 2.21. The van der Waals surface area contributed by atoms with Gasteiger partial charge >= 0.3 is 12.0 Å². The van der Waals surface area contributed by atoms with E-state index in [0.29, 0.717) is 11.6 Å². The summed E-state index contributed by atoms with van der Waals surface area (Å²) in [7, 11) is 0. The Morgan fingerprint density at radius 3 is 2.71 bits per heavy atom. The Morgan fingerprint density at radius 2 is 2.10 bits per heavy atom. The van der Waals surface area contributed by atoms with E-state index in [4.69, 9.17) is 16.7 Å². The molecule has 3 N–H and O–H groups in total. The van der Waals surface area contributed by atoms with Gasteiger partial charge in [-0.05, 0) is 42.1 Å². The molecule has 0 aliphatic heterocycles. The monoisotopic (exact) mass is 324 g/mol. The van der Waals surface area contributed by atoms with Crippen LogP contribution in [-0.4, -0.2) is 17.1 Å². The first-order valence-corrected chi connectivity index (χ1v) is 7.34. The molecule has 0 fully saturated rings. The molecule has 0 bridgehead atoms. The summed E-state index contributed by atoms with van der Waals surface area (Å²) in [6, 6.07) is 5.71. The van der Waals surface area contributed by atoms with Crippen LogP contribution in [0.3, 0.4) is 0 Å². The van der Waals surface area contributed by atoms with Crippen molar-refractivity contribution >= 4 is 40.6 Å². The van der Waals surface area contributed by atoms with Gasteiger partial charge in [-0.3, -0.25) is 0 Å². The van der Waals surface area contributed by atoms with Crippen LogP contribution in [0.25, 0.3) is 0 Å². The molecule has 0 aliphatic rings. The number of hydrogen-bond acceptors (Lipinski definition) is 3. The molecule has 0 aliphatic carbocycles. The van der Waals surface area contributed by atoms with Gasteiger partial charge in [-0.2, -0.15) is 0 Å². The van der Waals surface area contributed by atoms with Crippen LogP contribution in [0, 0.1) is 6.92 Å². The summed E-state index contributed by atoms with van der Waals surface area (Å²) in [6.07, 6.45) is 0. The summed E-state index contributed by atoms with van der Waals surface area (Å²) in [5.41, 5.74) is 1.26. The van der Waals surface area contributed by atoms with Crippen LogP contribution in [0.1, 0.15) is 20.8 Å². The van der Waals surface area contributed by atoms with Gasteiger partial charge in [-0.25, -0.2) is 9.59 Å². The Balaban J connectivity index is 2.04. The van der Waals surface area contributed by atoms with Crippen LogP contribution >= 0.6 is 22.9 Å². The van der Waals surface area contributed by atoms with Crippen molar-refractivity contribution in [1.29, 1.82) is 0 Å². The van der Waals surface area contributed by atoms with Gasteiger partial charge in [0.05, 0.1) is 17.8 Å². The third kappa shape index (κ3) is 3.96. The van der Waals surface area contributed by atoms with Crippen LogP contribution in [0.15, 0.2) is 29.6 Å². The second-order valence-corrected chi connectivity index (χ2v) is 5.77. The summed E-state index contributed by atoms with van der Waals surface area (Å²) in [4.78, 5) is 24.0. The van der Waals surface area contributed by atoms with Gasteiger partial charge in [0.15, 0.2) is 0 Å². The van der Waals surface area contributed by atoms with Gasteiger partial charge in [-0.15, -0.1) is 11.3 Å². The largest absolute Gasteiger partial charge is 0.478 e. The van der Waals surface area contributed by atoms with E-state index >= 15 is 0 Å². The van der Waals surface area contributed by atoms with E-state index in [1.54, 1.807) is 11.3 Å². The van der Waals surface area contributed by atoms with Gasteiger partial charge in [0, 0.05) is 9.90 Å². The highest BCUT2D eigenvalue weighted by Gasteiger charge is 2.13. The van der Waals surface area contributed by atoms with Gasteiger partial charge in [-0.1, -0.05) is 11.6 Å². The van der Waals surface area contributed by atoms with Crippen molar-refractivity contribution < 1.29 is 14.7 Å². The number of rotatable bonds is 4. The van der Waals surface area contributed by atoms with Gasteiger partial charge in [0.2, 0.25) is 0 Å². The lowest BCUT2D eigenvalue weighted by molar-refractivity contribution is 0.0698. The van der Waals surface area contributed by atoms with Crippen molar-refractivity contribution in [3.63, 3.8) is 0 Å². The molecule has 2 amide bonds. The zero-order valence-corrected chi connectivity index (χ0v) is 12.7. The standard InChI is InChI=1S/C14H13ClN2O3S/c1-8-4-5-21-12(8)7-16-14(20)17-11-6-9(15)2-3-10(11)13(18)19/h2-6H,7H2,1H3,(H,18,19)(H2,16,17,20). The Bertz CT molecular complexity index is 685. The van der Waals surface area contributed by atoms with Crippen molar-refractivity contribution in [3.05, 3.63) is 50.7 Å². The third-order valence-corrected chi connectivity index (χ3v) is 4.10. The van der Waals surface area contributed by atoms with Crippen LogP contribution in [0.5, 0.6) is 0 Å². The molecule has 1 aromatic heterocycles. The van der Waals surface area contributed by atoms with Gasteiger partial charge in [0.1, 0.15) is 0 Å². The van der Waals surface area contributed by atoms with E-state index in [-0.39, 0.29) is 11.3 Å². The number of thiophene rings is 1. The van der Waals surface area contributed by atoms with E-state index in [0.717, 1.165) is 10.4 Å². The Hall–Kier alpha value is -2.05. The summed E-state index contributed by atoms with van der Waals surface area (Å²) in [6.45, 7) is 2.35. The highest BCUT2D eigenvalue weighted by molar-refractivity contribution is 7.10. The minimum Gasteiger partial charge on any atom is -0.478 e. The lowest BCUT2D eigenvalue weighted by Crippen LogP contribution is -2.28. The van der Waals surface area contributed by atoms with Crippen molar-refractivity contribution in [2.75, 3.05) is 5.32 Å². The number of amides is 2. The van der Waals surface area contributed by atoms with Crippen molar-refractivity contribution in [2.45, 2.75) is 13.5 Å². The molecule has 21 heavy (non-hydrogen) atoms. The van der Waals surface area contributed by atoms with Crippen LogP contribution < -0.4 is 10.6 Å². The molecule has 0 atom stereocenters. The highest BCUT2D eigenvalue weighted by atomic mass is 35.5. The van der Waals surface area contributed by atoms with Crippen LogP contribution in [-0.2, 0) is 6.54 Å². The first kappa shape index (κ1) is 15.3.